The lowest BCUT2D eigenvalue weighted by Gasteiger charge is -1.64. The molecule has 1 N–H and O–H groups in total. The Kier molecular flexibility index (Phi) is 2.48. The van der Waals surface area contributed by atoms with Gasteiger partial charge in [0, 0.05) is 0 Å². The average molecular weight is 75.1 g/mol. The summed E-state index contributed by atoms with van der Waals surface area (Å²) < 4.78 is 0. The third-order valence-corrected chi connectivity index (χ3v) is 0.354. The van der Waals surface area contributed by atoms with Crippen molar-refractivity contribution in [3.63, 3.8) is 0 Å². The second-order valence-electron chi connectivity index (χ2n) is 0.407. The predicted octanol–water partition coefficient (Wildman–Crippen LogP) is -3.04. The fourth-order valence-corrected chi connectivity index (χ4v) is 0. The lowest BCUT2D eigenvalue weighted by Crippen LogP contribution is -2.60. The summed E-state index contributed by atoms with van der Waals surface area (Å²) in [5.74, 6) is 1.46. The third-order valence-electron chi connectivity index (χ3n) is 0.118. The number of nitrogens with one attached hydrogen (secondary N) is 1. The maximum atomic E-state index is 9.03. The van der Waals surface area contributed by atoms with Crippen molar-refractivity contribution in [1.29, 1.82) is 0 Å². The summed E-state index contributed by atoms with van der Waals surface area (Å²) in [7, 11) is 0.841. The third kappa shape index (κ3) is 1.69. The van der Waals surface area contributed by atoms with E-state index in [0.29, 0.717) is 0 Å². The van der Waals surface area contributed by atoms with Gasteiger partial charge in [0.05, 0.1) is 0 Å². The Morgan fingerprint density at radius 3 is 2.25 bits per heavy atom. The van der Waals surface area contributed by atoms with Crippen molar-refractivity contribution in [3.05, 3.63) is 5.21 Å². The van der Waals surface area contributed by atoms with Crippen molar-refractivity contribution < 1.29 is 5.16 Å². The molecule has 0 saturated heterocycles. The molecule has 2 nitrogen and oxygen atoms in total. The Morgan fingerprint density at radius 1 is 2.00 bits per heavy atom. The van der Waals surface area contributed by atoms with Gasteiger partial charge in [-0.05, 0) is 0 Å². The second-order valence-corrected chi connectivity index (χ2v) is 0.984. The van der Waals surface area contributed by atoms with E-state index < -0.39 is 0 Å². The topological polar surface area (TPSA) is 37.0 Å². The van der Waals surface area contributed by atoms with Crippen LogP contribution in [-0.4, -0.2) is 16.1 Å². The molecule has 0 unspecified atom stereocenters. The van der Waals surface area contributed by atoms with E-state index in [-0.39, 0.29) is 0 Å². The molecular formula is CH5NOSi. The Bertz CT molecular complexity index is 23.2. The summed E-state index contributed by atoms with van der Waals surface area (Å²) in [6, 6.07) is 0. The van der Waals surface area contributed by atoms with E-state index in [4.69, 9.17) is 5.21 Å². The van der Waals surface area contributed by atoms with Gasteiger partial charge in [-0.15, -0.1) is 0 Å². The van der Waals surface area contributed by atoms with Crippen LogP contribution in [-0.2, 0) is 0 Å². The summed E-state index contributed by atoms with van der Waals surface area (Å²) in [5.41, 5.74) is 0. The molecule has 3 heteroatoms. The Labute approximate surface area is 27.6 Å². The summed E-state index contributed by atoms with van der Waals surface area (Å²) in [4.78, 5) is 0. The highest BCUT2D eigenvalue weighted by Crippen LogP contribution is 0.852. The normalized spacial score (nSPS) is 10.0. The van der Waals surface area contributed by atoms with Gasteiger partial charge in [0.2, 0.25) is 0 Å². The molecule has 0 aliphatic heterocycles. The molecule has 0 bridgehead atoms. The highest BCUT2D eigenvalue weighted by atomic mass is 28.1. The fraction of sp³-hybridized carbons (Fsp3) is 0. The molecule has 0 aliphatic carbocycles. The molecule has 0 saturated carbocycles. The van der Waals surface area contributed by atoms with Gasteiger partial charge in [-0.2, -0.15) is 0 Å². The van der Waals surface area contributed by atoms with E-state index in [2.05, 4.69) is 0 Å². The van der Waals surface area contributed by atoms with Crippen molar-refractivity contribution >= 4 is 16.1 Å². The van der Waals surface area contributed by atoms with Gasteiger partial charge < -0.3 is 5.21 Å². The average Bonchev–Trinajstić information content (AvgIpc) is 1.37. The number of rotatable bonds is 0. The van der Waals surface area contributed by atoms with Crippen LogP contribution in [0, 0.1) is 5.21 Å². The van der Waals surface area contributed by atoms with Crippen molar-refractivity contribution in [3.8, 4) is 0 Å². The van der Waals surface area contributed by atoms with Gasteiger partial charge in [-0.25, -0.2) is 5.16 Å². The first-order valence-electron chi connectivity index (χ1n) is 1.07. The van der Waals surface area contributed by atoms with E-state index in [1.54, 1.807) is 5.16 Å². The van der Waals surface area contributed by atoms with Crippen LogP contribution < -0.4 is 5.16 Å². The van der Waals surface area contributed by atoms with E-state index in [9.17, 15) is 0 Å². The van der Waals surface area contributed by atoms with Crippen molar-refractivity contribution in [2.75, 3.05) is 0 Å². The van der Waals surface area contributed by atoms with E-state index >= 15 is 0 Å². The smallest absolute Gasteiger partial charge is 0.112 e. The van der Waals surface area contributed by atoms with Crippen molar-refractivity contribution in [1.82, 2.24) is 0 Å². The number of hydrogen-bond acceptors (Lipinski definition) is 1. The number of hydrogen-bond donors (Lipinski definition) is 1. The fourth-order valence-electron chi connectivity index (χ4n) is 0. The minimum atomic E-state index is 0.841. The molecule has 24 valence electrons. The quantitative estimate of drug-likeness (QED) is 0.141. The largest absolute Gasteiger partial charge is 0.626 e. The molecule has 0 amide bonds. The minimum Gasteiger partial charge on any atom is -0.626 e. The van der Waals surface area contributed by atoms with Crippen LogP contribution in [0.3, 0.4) is 0 Å². The van der Waals surface area contributed by atoms with Crippen LogP contribution in [0.15, 0.2) is 0 Å². The highest BCUT2D eigenvalue weighted by Gasteiger charge is 1.37. The first kappa shape index (κ1) is 3.69. The molecule has 4 heavy (non-hydrogen) atoms. The Hall–Kier alpha value is -0.313. The van der Waals surface area contributed by atoms with Gasteiger partial charge in [0.15, 0.2) is 0 Å². The lowest BCUT2D eigenvalue weighted by atomic mass is 11.7. The minimum absolute atomic E-state index is 0.841. The first-order chi connectivity index (χ1) is 1.91. The molecule has 0 radical (unpaired) electrons. The van der Waals surface area contributed by atoms with Crippen molar-refractivity contribution in [2.24, 2.45) is 0 Å². The second kappa shape index (κ2) is 2.69. The Morgan fingerprint density at radius 2 is 2.25 bits per heavy atom. The molecule has 0 spiro atoms. The van der Waals surface area contributed by atoms with Gasteiger partial charge in [-0.1, -0.05) is 0 Å². The molecule has 0 rings (SSSR count). The maximum absolute atomic E-state index is 9.03. The zero-order valence-corrected chi connectivity index (χ0v) is 4.49. The summed E-state index contributed by atoms with van der Waals surface area (Å²) >= 11 is 0. The van der Waals surface area contributed by atoms with Gasteiger partial charge in [-0.3, -0.25) is 0 Å². The van der Waals surface area contributed by atoms with Crippen LogP contribution in [0.4, 0.5) is 0 Å². The van der Waals surface area contributed by atoms with Gasteiger partial charge >= 0.3 is 0 Å². The molecular weight excluding hydrogens is 70.1 g/mol. The summed E-state index contributed by atoms with van der Waals surface area (Å²) in [6.07, 6.45) is 0. The molecule has 0 heterocycles. The van der Waals surface area contributed by atoms with E-state index in [0.717, 1.165) is 10.2 Å². The Balaban J connectivity index is 2.55. The zero-order chi connectivity index (χ0) is 3.41. The van der Waals surface area contributed by atoms with E-state index in [1.165, 1.54) is 5.84 Å². The van der Waals surface area contributed by atoms with Crippen LogP contribution in [0.5, 0.6) is 0 Å². The van der Waals surface area contributed by atoms with Gasteiger partial charge in [0.25, 0.3) is 0 Å². The van der Waals surface area contributed by atoms with E-state index in [1.807, 2.05) is 0 Å². The van der Waals surface area contributed by atoms with Crippen molar-refractivity contribution in [2.45, 2.75) is 0 Å². The predicted molar refractivity (Wildman–Crippen MR) is 20.3 cm³/mol. The maximum Gasteiger partial charge on any atom is 0.112 e. The molecule has 0 aliphatic rings. The molecule has 0 aromatic carbocycles. The lowest BCUT2D eigenvalue weighted by molar-refractivity contribution is -0.364. The van der Waals surface area contributed by atoms with Gasteiger partial charge in [0.1, 0.15) is 16.1 Å². The molecule has 0 aromatic rings. The SMILES string of the molecule is [O-][NH+]=C[SiH3]. The summed E-state index contributed by atoms with van der Waals surface area (Å²) in [5, 5.41) is 10.6. The van der Waals surface area contributed by atoms with Crippen LogP contribution in [0.1, 0.15) is 0 Å². The first-order valence-corrected chi connectivity index (χ1v) is 2.22. The standard InChI is InChI=1S/CH5NOSi/c3-2-1-4/h1-2H,4H3. The zero-order valence-electron chi connectivity index (χ0n) is 2.49. The highest BCUT2D eigenvalue weighted by molar-refractivity contribution is 6.48. The van der Waals surface area contributed by atoms with Crippen LogP contribution in [0.25, 0.3) is 0 Å². The monoisotopic (exact) mass is 75.0 g/mol. The molecule has 0 aromatic heterocycles. The van der Waals surface area contributed by atoms with Crippen LogP contribution in [0.2, 0.25) is 0 Å². The molecule has 0 fully saturated rings. The molecule has 0 atom stereocenters. The summed E-state index contributed by atoms with van der Waals surface area (Å²) in [6.45, 7) is 0. The van der Waals surface area contributed by atoms with Crippen LogP contribution >= 0.6 is 0 Å².